The van der Waals surface area contributed by atoms with E-state index in [-0.39, 0.29) is 0 Å². The van der Waals surface area contributed by atoms with Gasteiger partial charge < -0.3 is 16.0 Å². The lowest BCUT2D eigenvalue weighted by Crippen LogP contribution is -2.17. The van der Waals surface area contributed by atoms with Crippen molar-refractivity contribution in [3.8, 4) is 0 Å². The molecular formula is C20H21N5. The number of nitrogens with two attached hydrogens (primary N) is 1. The lowest BCUT2D eigenvalue weighted by Gasteiger charge is -2.21. The Morgan fingerprint density at radius 3 is 2.60 bits per heavy atom. The van der Waals surface area contributed by atoms with Gasteiger partial charge in [-0.15, -0.1) is 0 Å². The lowest BCUT2D eigenvalue weighted by molar-refractivity contribution is 0.967. The van der Waals surface area contributed by atoms with Gasteiger partial charge in [0.2, 0.25) is 0 Å². The fourth-order valence-corrected chi connectivity index (χ4v) is 3.44. The van der Waals surface area contributed by atoms with Crippen LogP contribution in [0.25, 0.3) is 0 Å². The third kappa shape index (κ3) is 2.89. The molecule has 0 atom stereocenters. The Morgan fingerprint density at radius 2 is 1.80 bits per heavy atom. The Kier molecular flexibility index (Phi) is 3.76. The summed E-state index contributed by atoms with van der Waals surface area (Å²) in [5.41, 5.74) is 12.9. The molecule has 0 bridgehead atoms. The smallest absolute Gasteiger partial charge is 0.161 e. The molecular weight excluding hydrogens is 310 g/mol. The maximum Gasteiger partial charge on any atom is 0.161 e. The van der Waals surface area contributed by atoms with E-state index < -0.39 is 0 Å². The fraction of sp³-hybridized carbons (Fsp3) is 0.200. The third-order valence-corrected chi connectivity index (χ3v) is 4.49. The lowest BCUT2D eigenvalue weighted by atomic mass is 10.1. The van der Waals surface area contributed by atoms with Gasteiger partial charge in [-0.05, 0) is 55.2 Å². The molecule has 0 amide bonds. The van der Waals surface area contributed by atoms with Gasteiger partial charge in [-0.25, -0.2) is 9.97 Å². The van der Waals surface area contributed by atoms with E-state index in [1.807, 2.05) is 6.07 Å². The van der Waals surface area contributed by atoms with Gasteiger partial charge in [0.05, 0.1) is 0 Å². The Bertz CT molecular complexity index is 915. The Balaban J connectivity index is 1.69. The SMILES string of the molecule is Cc1cc(C)cc(Nc2ncnc(N3CCc4ccccc43)c2N)c1. The number of hydrogen-bond acceptors (Lipinski definition) is 5. The molecule has 1 aliphatic heterocycles. The second kappa shape index (κ2) is 6.09. The monoisotopic (exact) mass is 331 g/mol. The largest absolute Gasteiger partial charge is 0.393 e. The van der Waals surface area contributed by atoms with Crippen molar-refractivity contribution in [2.75, 3.05) is 22.5 Å². The molecule has 0 unspecified atom stereocenters. The van der Waals surface area contributed by atoms with E-state index in [4.69, 9.17) is 5.73 Å². The van der Waals surface area contributed by atoms with Crippen LogP contribution in [0.1, 0.15) is 16.7 Å². The zero-order valence-corrected chi connectivity index (χ0v) is 14.5. The quantitative estimate of drug-likeness (QED) is 0.756. The Hall–Kier alpha value is -3.08. The van der Waals surface area contributed by atoms with Crippen LogP contribution in [0, 0.1) is 13.8 Å². The number of nitrogens with zero attached hydrogens (tertiary/aromatic N) is 3. The van der Waals surface area contributed by atoms with Crippen molar-refractivity contribution in [1.29, 1.82) is 0 Å². The second-order valence-electron chi connectivity index (χ2n) is 6.49. The van der Waals surface area contributed by atoms with Crippen molar-refractivity contribution in [1.82, 2.24) is 9.97 Å². The highest BCUT2D eigenvalue weighted by atomic mass is 15.2. The maximum atomic E-state index is 6.42. The van der Waals surface area contributed by atoms with E-state index in [2.05, 4.69) is 70.4 Å². The molecule has 2 aromatic carbocycles. The number of hydrogen-bond donors (Lipinski definition) is 2. The topological polar surface area (TPSA) is 67.1 Å². The Labute approximate surface area is 147 Å². The number of anilines is 5. The van der Waals surface area contributed by atoms with Crippen LogP contribution >= 0.6 is 0 Å². The highest BCUT2D eigenvalue weighted by Crippen LogP contribution is 2.38. The first-order valence-electron chi connectivity index (χ1n) is 8.43. The number of nitrogens with one attached hydrogen (secondary N) is 1. The molecule has 1 aromatic heterocycles. The van der Waals surface area contributed by atoms with Gasteiger partial charge >= 0.3 is 0 Å². The first-order chi connectivity index (χ1) is 12.1. The van der Waals surface area contributed by atoms with E-state index in [1.54, 1.807) is 6.33 Å². The summed E-state index contributed by atoms with van der Waals surface area (Å²) in [6.45, 7) is 5.03. The van der Waals surface area contributed by atoms with Gasteiger partial charge in [0, 0.05) is 17.9 Å². The molecule has 2 heterocycles. The average Bonchev–Trinajstić information content (AvgIpc) is 3.00. The molecule has 0 saturated heterocycles. The highest BCUT2D eigenvalue weighted by Gasteiger charge is 2.23. The van der Waals surface area contributed by atoms with Crippen molar-refractivity contribution in [3.63, 3.8) is 0 Å². The fourth-order valence-electron chi connectivity index (χ4n) is 3.44. The number of benzene rings is 2. The summed E-state index contributed by atoms with van der Waals surface area (Å²) in [7, 11) is 0. The summed E-state index contributed by atoms with van der Waals surface area (Å²) >= 11 is 0. The number of fused-ring (bicyclic) bond motifs is 1. The number of para-hydroxylation sites is 1. The molecule has 3 N–H and O–H groups in total. The molecule has 1 aliphatic rings. The van der Waals surface area contributed by atoms with Gasteiger partial charge in [-0.1, -0.05) is 24.3 Å². The summed E-state index contributed by atoms with van der Waals surface area (Å²) < 4.78 is 0. The minimum absolute atomic E-state index is 0.568. The van der Waals surface area contributed by atoms with E-state index in [0.29, 0.717) is 11.5 Å². The molecule has 0 saturated carbocycles. The van der Waals surface area contributed by atoms with Crippen molar-refractivity contribution in [2.45, 2.75) is 20.3 Å². The van der Waals surface area contributed by atoms with Crippen molar-refractivity contribution in [2.24, 2.45) is 0 Å². The second-order valence-corrected chi connectivity index (χ2v) is 6.49. The van der Waals surface area contributed by atoms with E-state index in [0.717, 1.165) is 24.5 Å². The highest BCUT2D eigenvalue weighted by molar-refractivity contribution is 5.83. The van der Waals surface area contributed by atoms with Crippen LogP contribution in [0.4, 0.5) is 28.7 Å². The minimum atomic E-state index is 0.568. The molecule has 25 heavy (non-hydrogen) atoms. The third-order valence-electron chi connectivity index (χ3n) is 4.49. The van der Waals surface area contributed by atoms with E-state index in [1.165, 1.54) is 22.4 Å². The van der Waals surface area contributed by atoms with Gasteiger partial charge in [-0.2, -0.15) is 0 Å². The predicted octanol–water partition coefficient (Wildman–Crippen LogP) is 4.11. The van der Waals surface area contributed by atoms with Crippen LogP contribution in [-0.4, -0.2) is 16.5 Å². The van der Waals surface area contributed by atoms with Crippen molar-refractivity contribution < 1.29 is 0 Å². The summed E-state index contributed by atoms with van der Waals surface area (Å²) in [5.74, 6) is 1.39. The molecule has 126 valence electrons. The normalized spacial score (nSPS) is 13.0. The number of nitrogen functional groups attached to an aromatic ring is 1. The van der Waals surface area contributed by atoms with Crippen LogP contribution in [0.5, 0.6) is 0 Å². The van der Waals surface area contributed by atoms with Crippen molar-refractivity contribution in [3.05, 3.63) is 65.5 Å². The van der Waals surface area contributed by atoms with Crippen LogP contribution < -0.4 is 16.0 Å². The number of aryl methyl sites for hydroxylation is 2. The molecule has 0 radical (unpaired) electrons. The van der Waals surface area contributed by atoms with Gasteiger partial charge in [0.15, 0.2) is 11.6 Å². The first kappa shape index (κ1) is 15.4. The number of aromatic nitrogens is 2. The first-order valence-corrected chi connectivity index (χ1v) is 8.43. The molecule has 4 rings (SSSR count). The van der Waals surface area contributed by atoms with Gasteiger partial charge in [-0.3, -0.25) is 0 Å². The molecule has 3 aromatic rings. The summed E-state index contributed by atoms with van der Waals surface area (Å²) in [4.78, 5) is 11.0. The summed E-state index contributed by atoms with van der Waals surface area (Å²) in [6.07, 6.45) is 2.57. The molecule has 5 nitrogen and oxygen atoms in total. The standard InChI is InChI=1S/C20H21N5/c1-13-9-14(2)11-16(10-13)24-19-18(21)20(23-12-22-19)25-8-7-15-5-3-4-6-17(15)25/h3-6,9-12H,7-8,21H2,1-2H3,(H,22,23,24). The van der Waals surface area contributed by atoms with Crippen LogP contribution in [0.15, 0.2) is 48.8 Å². The Morgan fingerprint density at radius 1 is 1.04 bits per heavy atom. The van der Waals surface area contributed by atoms with Crippen LogP contribution in [0.3, 0.4) is 0 Å². The average molecular weight is 331 g/mol. The summed E-state index contributed by atoms with van der Waals surface area (Å²) in [5, 5.41) is 3.34. The maximum absolute atomic E-state index is 6.42. The molecule has 0 spiro atoms. The molecule has 5 heteroatoms. The van der Waals surface area contributed by atoms with E-state index in [9.17, 15) is 0 Å². The van der Waals surface area contributed by atoms with Crippen LogP contribution in [0.2, 0.25) is 0 Å². The van der Waals surface area contributed by atoms with Gasteiger partial charge in [0.25, 0.3) is 0 Å². The molecule has 0 fully saturated rings. The zero-order chi connectivity index (χ0) is 17.4. The minimum Gasteiger partial charge on any atom is -0.393 e. The zero-order valence-electron chi connectivity index (χ0n) is 14.5. The molecule has 0 aliphatic carbocycles. The predicted molar refractivity (Wildman–Crippen MR) is 103 cm³/mol. The van der Waals surface area contributed by atoms with Gasteiger partial charge in [0.1, 0.15) is 12.0 Å². The summed E-state index contributed by atoms with van der Waals surface area (Å²) in [6, 6.07) is 14.7. The van der Waals surface area contributed by atoms with E-state index >= 15 is 0 Å². The van der Waals surface area contributed by atoms with Crippen LogP contribution in [-0.2, 0) is 6.42 Å². The number of rotatable bonds is 3. The van der Waals surface area contributed by atoms with Crippen molar-refractivity contribution >= 4 is 28.7 Å².